The minimum atomic E-state index is -0.374. The largest absolute Gasteiger partial charge is 0.480 e. The van der Waals surface area contributed by atoms with Gasteiger partial charge in [-0.1, -0.05) is 5.16 Å². The van der Waals surface area contributed by atoms with E-state index in [1.165, 1.54) is 7.11 Å². The monoisotopic (exact) mass is 263 g/mol. The highest BCUT2D eigenvalue weighted by atomic mass is 16.5. The lowest BCUT2D eigenvalue weighted by atomic mass is 10.2. The number of hydrogen-bond acceptors (Lipinski definition) is 8. The average Bonchev–Trinajstić information content (AvgIpc) is 3.07. The maximum Gasteiger partial charge on any atom is 0.244 e. The van der Waals surface area contributed by atoms with Crippen molar-refractivity contribution in [3.05, 3.63) is 18.0 Å². The van der Waals surface area contributed by atoms with Crippen LogP contribution in [0.15, 0.2) is 16.7 Å². The third-order valence-electron chi connectivity index (χ3n) is 2.93. The zero-order valence-electron chi connectivity index (χ0n) is 10.3. The Bertz CT molecular complexity index is 556. The van der Waals surface area contributed by atoms with Gasteiger partial charge < -0.3 is 19.7 Å². The van der Waals surface area contributed by atoms with E-state index in [1.54, 1.807) is 12.1 Å². The van der Waals surface area contributed by atoms with Crippen molar-refractivity contribution < 1.29 is 14.4 Å². The molecule has 1 aliphatic heterocycles. The SMILES string of the molecule is COc1ccc(-c2noc([C@H]3C[C@@H](O)CN3)n2)nn1. The van der Waals surface area contributed by atoms with E-state index in [2.05, 4.69) is 25.7 Å². The minimum absolute atomic E-state index is 0.109. The van der Waals surface area contributed by atoms with E-state index in [0.29, 0.717) is 36.3 Å². The summed E-state index contributed by atoms with van der Waals surface area (Å²) >= 11 is 0. The summed E-state index contributed by atoms with van der Waals surface area (Å²) in [5.41, 5.74) is 0.509. The zero-order valence-corrected chi connectivity index (χ0v) is 10.3. The van der Waals surface area contributed by atoms with E-state index in [1.807, 2.05) is 0 Å². The first kappa shape index (κ1) is 12.0. The Morgan fingerprint density at radius 2 is 2.32 bits per heavy atom. The van der Waals surface area contributed by atoms with Crippen molar-refractivity contribution in [2.75, 3.05) is 13.7 Å². The van der Waals surface area contributed by atoms with E-state index >= 15 is 0 Å². The molecule has 2 atom stereocenters. The molecule has 0 spiro atoms. The highest BCUT2D eigenvalue weighted by Crippen LogP contribution is 2.23. The topological polar surface area (TPSA) is 106 Å². The molecule has 8 heteroatoms. The number of rotatable bonds is 3. The third kappa shape index (κ3) is 2.40. The lowest BCUT2D eigenvalue weighted by Gasteiger charge is -2.01. The highest BCUT2D eigenvalue weighted by Gasteiger charge is 2.28. The molecule has 2 N–H and O–H groups in total. The van der Waals surface area contributed by atoms with E-state index in [9.17, 15) is 5.11 Å². The van der Waals surface area contributed by atoms with Crippen molar-refractivity contribution in [2.24, 2.45) is 0 Å². The molecular weight excluding hydrogens is 250 g/mol. The molecule has 0 aliphatic carbocycles. The summed E-state index contributed by atoms with van der Waals surface area (Å²) in [6.07, 6.45) is 0.191. The predicted molar refractivity (Wildman–Crippen MR) is 63.2 cm³/mol. The van der Waals surface area contributed by atoms with Gasteiger partial charge >= 0.3 is 0 Å². The molecule has 1 saturated heterocycles. The van der Waals surface area contributed by atoms with Crippen LogP contribution < -0.4 is 10.1 Å². The molecule has 0 amide bonds. The fourth-order valence-corrected chi connectivity index (χ4v) is 1.93. The Morgan fingerprint density at radius 3 is 2.95 bits per heavy atom. The number of aromatic nitrogens is 4. The second-order valence-corrected chi connectivity index (χ2v) is 4.27. The van der Waals surface area contributed by atoms with Crippen molar-refractivity contribution in [1.82, 2.24) is 25.7 Å². The van der Waals surface area contributed by atoms with Gasteiger partial charge in [0.05, 0.1) is 19.3 Å². The standard InChI is InChI=1S/C11H13N5O3/c1-18-9-3-2-7(14-15-9)10-13-11(19-16-10)8-4-6(17)5-12-8/h2-3,6,8,12,17H,4-5H2,1H3/t6-,8-/m1/s1. The Labute approximate surface area is 108 Å². The van der Waals surface area contributed by atoms with Gasteiger partial charge in [0.1, 0.15) is 5.69 Å². The number of nitrogens with one attached hydrogen (secondary N) is 1. The van der Waals surface area contributed by atoms with Crippen LogP contribution in [0, 0.1) is 0 Å². The molecule has 1 fully saturated rings. The van der Waals surface area contributed by atoms with Crippen molar-refractivity contribution >= 4 is 0 Å². The Hall–Kier alpha value is -2.06. The Balaban J connectivity index is 1.80. The lowest BCUT2D eigenvalue weighted by molar-refractivity contribution is 0.191. The van der Waals surface area contributed by atoms with Crippen LogP contribution in [0.5, 0.6) is 5.88 Å². The van der Waals surface area contributed by atoms with Gasteiger partial charge in [-0.25, -0.2) is 0 Å². The number of ether oxygens (including phenoxy) is 1. The van der Waals surface area contributed by atoms with Crippen LogP contribution in [0.2, 0.25) is 0 Å². The summed E-state index contributed by atoms with van der Waals surface area (Å²) in [5, 5.41) is 24.2. The van der Waals surface area contributed by atoms with Crippen LogP contribution in [0.25, 0.3) is 11.5 Å². The molecule has 1 aliphatic rings. The second kappa shape index (κ2) is 4.90. The van der Waals surface area contributed by atoms with Gasteiger partial charge in [0, 0.05) is 12.6 Å². The molecule has 0 radical (unpaired) electrons. The third-order valence-corrected chi connectivity index (χ3v) is 2.93. The van der Waals surface area contributed by atoms with Crippen molar-refractivity contribution in [1.29, 1.82) is 0 Å². The summed E-state index contributed by atoms with van der Waals surface area (Å²) < 4.78 is 10.1. The quantitative estimate of drug-likeness (QED) is 0.792. The summed E-state index contributed by atoms with van der Waals surface area (Å²) in [5.74, 6) is 1.24. The highest BCUT2D eigenvalue weighted by molar-refractivity contribution is 5.47. The molecule has 2 aromatic rings. The van der Waals surface area contributed by atoms with Gasteiger partial charge in [-0.15, -0.1) is 10.2 Å². The fraction of sp³-hybridized carbons (Fsp3) is 0.455. The summed E-state index contributed by atoms with van der Waals surface area (Å²) in [7, 11) is 1.52. The smallest absolute Gasteiger partial charge is 0.244 e. The molecule has 3 heterocycles. The van der Waals surface area contributed by atoms with E-state index < -0.39 is 0 Å². The van der Waals surface area contributed by atoms with Crippen LogP contribution in [-0.2, 0) is 0 Å². The second-order valence-electron chi connectivity index (χ2n) is 4.27. The van der Waals surface area contributed by atoms with Gasteiger partial charge in [-0.2, -0.15) is 4.98 Å². The minimum Gasteiger partial charge on any atom is -0.480 e. The molecule has 0 saturated carbocycles. The summed E-state index contributed by atoms with van der Waals surface area (Å²) in [6, 6.07) is 3.27. The first-order valence-corrected chi connectivity index (χ1v) is 5.89. The molecule has 0 bridgehead atoms. The lowest BCUT2D eigenvalue weighted by Crippen LogP contribution is -2.15. The van der Waals surface area contributed by atoms with Gasteiger partial charge in [-0.3, -0.25) is 0 Å². The normalized spacial score (nSPS) is 22.6. The van der Waals surface area contributed by atoms with Crippen LogP contribution in [0.4, 0.5) is 0 Å². The van der Waals surface area contributed by atoms with Crippen molar-refractivity contribution in [3.8, 4) is 17.4 Å². The van der Waals surface area contributed by atoms with E-state index in [0.717, 1.165) is 0 Å². The molecule has 2 aromatic heterocycles. The summed E-state index contributed by atoms with van der Waals surface area (Å²) in [6.45, 7) is 0.532. The number of nitrogens with zero attached hydrogens (tertiary/aromatic N) is 4. The molecule has 3 rings (SSSR count). The van der Waals surface area contributed by atoms with Crippen LogP contribution in [0.3, 0.4) is 0 Å². The van der Waals surface area contributed by atoms with Crippen LogP contribution in [0.1, 0.15) is 18.4 Å². The first-order chi connectivity index (χ1) is 9.26. The maximum absolute atomic E-state index is 9.45. The molecular formula is C11H13N5O3. The van der Waals surface area contributed by atoms with Gasteiger partial charge in [0.25, 0.3) is 0 Å². The number of hydrogen-bond donors (Lipinski definition) is 2. The Morgan fingerprint density at radius 1 is 1.42 bits per heavy atom. The van der Waals surface area contributed by atoms with Gasteiger partial charge in [0.2, 0.25) is 17.6 Å². The average molecular weight is 263 g/mol. The molecule has 100 valence electrons. The number of aliphatic hydroxyl groups is 1. The van der Waals surface area contributed by atoms with Crippen molar-refractivity contribution in [3.63, 3.8) is 0 Å². The molecule has 0 aromatic carbocycles. The van der Waals surface area contributed by atoms with E-state index in [4.69, 9.17) is 9.26 Å². The zero-order chi connectivity index (χ0) is 13.2. The van der Waals surface area contributed by atoms with Gasteiger partial charge in [-0.05, 0) is 12.5 Å². The maximum atomic E-state index is 9.45. The Kier molecular flexibility index (Phi) is 3.10. The molecule has 19 heavy (non-hydrogen) atoms. The van der Waals surface area contributed by atoms with Crippen LogP contribution in [-0.4, -0.2) is 45.2 Å². The van der Waals surface area contributed by atoms with Gasteiger partial charge in [0.15, 0.2) is 0 Å². The first-order valence-electron chi connectivity index (χ1n) is 5.89. The predicted octanol–water partition coefficient (Wildman–Crippen LogP) is -0.0695. The number of aliphatic hydroxyl groups excluding tert-OH is 1. The number of methoxy groups -OCH3 is 1. The summed E-state index contributed by atoms with van der Waals surface area (Å²) in [4.78, 5) is 4.26. The van der Waals surface area contributed by atoms with Crippen LogP contribution >= 0.6 is 0 Å². The molecule has 0 unspecified atom stereocenters. The van der Waals surface area contributed by atoms with Crippen molar-refractivity contribution in [2.45, 2.75) is 18.6 Å². The fourth-order valence-electron chi connectivity index (χ4n) is 1.93. The number of β-amino-alcohol motifs (C(OH)–C–C–N with tert-alkyl or cyclic N) is 1. The van der Waals surface area contributed by atoms with E-state index in [-0.39, 0.29) is 12.1 Å². The molecule has 8 nitrogen and oxygen atoms in total.